The van der Waals surface area contributed by atoms with Crippen LogP contribution in [0.15, 0.2) is 18.2 Å². The van der Waals surface area contributed by atoms with E-state index in [1.165, 1.54) is 18.2 Å². The van der Waals surface area contributed by atoms with Crippen LogP contribution >= 0.6 is 0 Å². The second-order valence-electron chi connectivity index (χ2n) is 5.03. The SMILES string of the molecule is CC(C)CNCC(C)NCc1c(F)cccc1F. The fraction of sp³-hybridized carbons (Fsp3) is 0.571. The third-order valence-corrected chi connectivity index (χ3v) is 2.69. The van der Waals surface area contributed by atoms with Gasteiger partial charge >= 0.3 is 0 Å². The van der Waals surface area contributed by atoms with E-state index in [4.69, 9.17) is 0 Å². The molecule has 0 saturated heterocycles. The molecule has 0 fully saturated rings. The van der Waals surface area contributed by atoms with Crippen LogP contribution < -0.4 is 10.6 Å². The second-order valence-corrected chi connectivity index (χ2v) is 5.03. The maximum atomic E-state index is 13.4. The lowest BCUT2D eigenvalue weighted by Crippen LogP contribution is -2.37. The Labute approximate surface area is 108 Å². The summed E-state index contributed by atoms with van der Waals surface area (Å²) < 4.78 is 26.7. The number of rotatable bonds is 7. The first-order valence-corrected chi connectivity index (χ1v) is 6.37. The van der Waals surface area contributed by atoms with Crippen molar-refractivity contribution in [2.24, 2.45) is 5.92 Å². The first-order chi connectivity index (χ1) is 8.50. The highest BCUT2D eigenvalue weighted by Gasteiger charge is 2.09. The van der Waals surface area contributed by atoms with Crippen molar-refractivity contribution in [2.75, 3.05) is 13.1 Å². The normalized spacial score (nSPS) is 13.0. The Morgan fingerprint density at radius 2 is 1.67 bits per heavy atom. The molecule has 2 nitrogen and oxygen atoms in total. The minimum atomic E-state index is -0.496. The van der Waals surface area contributed by atoms with Crippen molar-refractivity contribution in [1.82, 2.24) is 10.6 Å². The first-order valence-electron chi connectivity index (χ1n) is 6.37. The summed E-state index contributed by atoms with van der Waals surface area (Å²) in [6, 6.07) is 4.11. The second kappa shape index (κ2) is 7.44. The van der Waals surface area contributed by atoms with E-state index >= 15 is 0 Å². The van der Waals surface area contributed by atoms with E-state index in [0.29, 0.717) is 5.92 Å². The molecular formula is C14H22F2N2. The lowest BCUT2D eigenvalue weighted by Gasteiger charge is -2.16. The van der Waals surface area contributed by atoms with Crippen LogP contribution in [-0.4, -0.2) is 19.1 Å². The molecule has 0 bridgehead atoms. The number of hydrogen-bond acceptors (Lipinski definition) is 2. The van der Waals surface area contributed by atoms with Gasteiger partial charge in [-0.15, -0.1) is 0 Å². The van der Waals surface area contributed by atoms with Crippen molar-refractivity contribution in [3.63, 3.8) is 0 Å². The molecule has 0 heterocycles. The predicted molar refractivity (Wildman–Crippen MR) is 70.4 cm³/mol. The highest BCUT2D eigenvalue weighted by Crippen LogP contribution is 2.11. The maximum Gasteiger partial charge on any atom is 0.130 e. The molecule has 0 amide bonds. The molecular weight excluding hydrogens is 234 g/mol. The molecule has 1 rings (SSSR count). The lowest BCUT2D eigenvalue weighted by atomic mass is 10.2. The van der Waals surface area contributed by atoms with Crippen molar-refractivity contribution in [3.8, 4) is 0 Å². The van der Waals surface area contributed by atoms with Crippen LogP contribution in [0.2, 0.25) is 0 Å². The molecule has 4 heteroatoms. The molecule has 1 unspecified atom stereocenters. The van der Waals surface area contributed by atoms with E-state index in [-0.39, 0.29) is 18.2 Å². The van der Waals surface area contributed by atoms with Gasteiger partial charge in [-0.25, -0.2) is 8.78 Å². The van der Waals surface area contributed by atoms with E-state index in [1.54, 1.807) is 0 Å². The Kier molecular flexibility index (Phi) is 6.22. The van der Waals surface area contributed by atoms with E-state index in [0.717, 1.165) is 13.1 Å². The summed E-state index contributed by atoms with van der Waals surface area (Å²) in [4.78, 5) is 0. The molecule has 0 spiro atoms. The van der Waals surface area contributed by atoms with E-state index in [9.17, 15) is 8.78 Å². The van der Waals surface area contributed by atoms with Crippen LogP contribution in [0.4, 0.5) is 8.78 Å². The van der Waals surface area contributed by atoms with Crippen molar-refractivity contribution in [3.05, 3.63) is 35.4 Å². The maximum absolute atomic E-state index is 13.4. The first kappa shape index (κ1) is 15.1. The van der Waals surface area contributed by atoms with Crippen molar-refractivity contribution in [2.45, 2.75) is 33.4 Å². The molecule has 0 aromatic heterocycles. The van der Waals surface area contributed by atoms with Gasteiger partial charge in [0.2, 0.25) is 0 Å². The quantitative estimate of drug-likeness (QED) is 0.784. The summed E-state index contributed by atoms with van der Waals surface area (Å²) in [6.45, 7) is 8.21. The summed E-state index contributed by atoms with van der Waals surface area (Å²) in [5, 5.41) is 6.41. The third kappa shape index (κ3) is 5.10. The molecule has 1 aromatic rings. The van der Waals surface area contributed by atoms with Gasteiger partial charge in [0.25, 0.3) is 0 Å². The molecule has 0 radical (unpaired) electrons. The Bertz CT molecular complexity index is 347. The van der Waals surface area contributed by atoms with Gasteiger partial charge in [-0.1, -0.05) is 19.9 Å². The van der Waals surface area contributed by atoms with Crippen molar-refractivity contribution in [1.29, 1.82) is 0 Å². The molecule has 0 aliphatic heterocycles. The van der Waals surface area contributed by atoms with Gasteiger partial charge in [-0.2, -0.15) is 0 Å². The van der Waals surface area contributed by atoms with Gasteiger partial charge in [0.1, 0.15) is 11.6 Å². The fourth-order valence-electron chi connectivity index (χ4n) is 1.64. The Morgan fingerprint density at radius 3 is 2.22 bits per heavy atom. The predicted octanol–water partition coefficient (Wildman–Crippen LogP) is 2.69. The zero-order valence-corrected chi connectivity index (χ0v) is 11.3. The summed E-state index contributed by atoms with van der Waals surface area (Å²) in [6.07, 6.45) is 0. The third-order valence-electron chi connectivity index (χ3n) is 2.69. The van der Waals surface area contributed by atoms with Gasteiger partial charge in [-0.05, 0) is 31.5 Å². The van der Waals surface area contributed by atoms with Crippen LogP contribution in [0.5, 0.6) is 0 Å². The highest BCUT2D eigenvalue weighted by molar-refractivity contribution is 5.19. The minimum Gasteiger partial charge on any atom is -0.315 e. The Hall–Kier alpha value is -1.00. The molecule has 1 aromatic carbocycles. The largest absolute Gasteiger partial charge is 0.315 e. The van der Waals surface area contributed by atoms with Crippen LogP contribution in [-0.2, 0) is 6.54 Å². The summed E-state index contributed by atoms with van der Waals surface area (Å²) >= 11 is 0. The number of hydrogen-bond donors (Lipinski definition) is 2. The van der Waals surface area contributed by atoms with Crippen LogP contribution in [0.25, 0.3) is 0 Å². The van der Waals surface area contributed by atoms with Gasteiger partial charge in [0.05, 0.1) is 0 Å². The molecule has 2 N–H and O–H groups in total. The number of benzene rings is 1. The monoisotopic (exact) mass is 256 g/mol. The highest BCUT2D eigenvalue weighted by atomic mass is 19.1. The standard InChI is InChI=1S/C14H22F2N2/c1-10(2)7-17-8-11(3)18-9-12-13(15)5-4-6-14(12)16/h4-6,10-11,17-18H,7-9H2,1-3H3. The van der Waals surface area contributed by atoms with Crippen LogP contribution in [0.1, 0.15) is 26.3 Å². The van der Waals surface area contributed by atoms with Crippen molar-refractivity contribution < 1.29 is 8.78 Å². The van der Waals surface area contributed by atoms with Crippen LogP contribution in [0.3, 0.4) is 0 Å². The molecule has 1 atom stereocenters. The van der Waals surface area contributed by atoms with E-state index in [1.807, 2.05) is 6.92 Å². The number of nitrogens with one attached hydrogen (secondary N) is 2. The molecule has 0 aliphatic carbocycles. The lowest BCUT2D eigenvalue weighted by molar-refractivity contribution is 0.458. The average Bonchev–Trinajstić information content (AvgIpc) is 2.27. The molecule has 0 saturated carbocycles. The van der Waals surface area contributed by atoms with Gasteiger partial charge < -0.3 is 10.6 Å². The summed E-state index contributed by atoms with van der Waals surface area (Å²) in [5.41, 5.74) is 0.105. The zero-order valence-electron chi connectivity index (χ0n) is 11.3. The van der Waals surface area contributed by atoms with E-state index < -0.39 is 11.6 Å². The Morgan fingerprint density at radius 1 is 1.06 bits per heavy atom. The average molecular weight is 256 g/mol. The fourth-order valence-corrected chi connectivity index (χ4v) is 1.64. The smallest absolute Gasteiger partial charge is 0.130 e. The topological polar surface area (TPSA) is 24.1 Å². The zero-order chi connectivity index (χ0) is 13.5. The molecule has 0 aliphatic rings. The molecule has 102 valence electrons. The van der Waals surface area contributed by atoms with E-state index in [2.05, 4.69) is 24.5 Å². The van der Waals surface area contributed by atoms with Gasteiger partial charge in [0, 0.05) is 24.7 Å². The Balaban J connectivity index is 2.36. The van der Waals surface area contributed by atoms with Crippen molar-refractivity contribution >= 4 is 0 Å². The van der Waals surface area contributed by atoms with Gasteiger partial charge in [0.15, 0.2) is 0 Å². The molecule has 18 heavy (non-hydrogen) atoms. The minimum absolute atomic E-state index is 0.105. The summed E-state index contributed by atoms with van der Waals surface area (Å²) in [5.74, 6) is -0.393. The van der Waals surface area contributed by atoms with Gasteiger partial charge in [-0.3, -0.25) is 0 Å². The van der Waals surface area contributed by atoms with Crippen LogP contribution in [0, 0.1) is 17.6 Å². The summed E-state index contributed by atoms with van der Waals surface area (Å²) in [7, 11) is 0. The number of halogens is 2.